The average Bonchev–Trinajstić information content (AvgIpc) is 2.97. The van der Waals surface area contributed by atoms with Crippen molar-refractivity contribution < 1.29 is 5.11 Å². The Balaban J connectivity index is 2.22. The molecule has 0 saturated heterocycles. The smallest absolute Gasteiger partial charge is 0.0952 e. The number of aromatic nitrogens is 2. The first-order chi connectivity index (χ1) is 8.26. The van der Waals surface area contributed by atoms with Crippen LogP contribution in [0.25, 0.3) is 0 Å². The maximum absolute atomic E-state index is 9.09. The van der Waals surface area contributed by atoms with Gasteiger partial charge in [-0.1, -0.05) is 6.92 Å². The van der Waals surface area contributed by atoms with Crippen molar-refractivity contribution in [1.29, 1.82) is 0 Å². The minimum atomic E-state index is -0.359. The number of imidazole rings is 1. The van der Waals surface area contributed by atoms with Crippen molar-refractivity contribution in [3.8, 4) is 0 Å². The highest BCUT2D eigenvalue weighted by molar-refractivity contribution is 7.10. The first kappa shape index (κ1) is 12.3. The third-order valence-electron chi connectivity index (χ3n) is 2.85. The maximum Gasteiger partial charge on any atom is 0.0952 e. The predicted octanol–water partition coefficient (Wildman–Crippen LogP) is 1.55. The van der Waals surface area contributed by atoms with Gasteiger partial charge in [0.25, 0.3) is 0 Å². The molecule has 0 aliphatic carbocycles. The van der Waals surface area contributed by atoms with E-state index in [1.54, 1.807) is 23.9 Å². The SMILES string of the molecule is CCc1ccsc1Cn1cncc1C(N)CO. The highest BCUT2D eigenvalue weighted by atomic mass is 32.1. The third kappa shape index (κ3) is 2.57. The normalized spacial score (nSPS) is 12.9. The molecule has 2 heterocycles. The molecule has 4 nitrogen and oxygen atoms in total. The van der Waals surface area contributed by atoms with Crippen molar-refractivity contribution in [2.45, 2.75) is 25.9 Å². The van der Waals surface area contributed by atoms with Gasteiger partial charge in [0, 0.05) is 11.1 Å². The zero-order valence-corrected chi connectivity index (χ0v) is 10.7. The van der Waals surface area contributed by atoms with E-state index in [-0.39, 0.29) is 12.6 Å². The van der Waals surface area contributed by atoms with Gasteiger partial charge in [-0.2, -0.15) is 0 Å². The second kappa shape index (κ2) is 5.44. The molecule has 0 aliphatic heterocycles. The quantitative estimate of drug-likeness (QED) is 0.847. The first-order valence-corrected chi connectivity index (χ1v) is 6.56. The Bertz CT molecular complexity index is 478. The monoisotopic (exact) mass is 251 g/mol. The van der Waals surface area contributed by atoms with E-state index in [2.05, 4.69) is 23.4 Å². The van der Waals surface area contributed by atoms with Crippen LogP contribution in [-0.4, -0.2) is 21.3 Å². The van der Waals surface area contributed by atoms with E-state index >= 15 is 0 Å². The van der Waals surface area contributed by atoms with Gasteiger partial charge in [-0.15, -0.1) is 11.3 Å². The lowest BCUT2D eigenvalue weighted by atomic mass is 10.2. The highest BCUT2D eigenvalue weighted by Crippen LogP contribution is 2.20. The Hall–Kier alpha value is -1.17. The molecule has 1 unspecified atom stereocenters. The molecule has 17 heavy (non-hydrogen) atoms. The second-order valence-electron chi connectivity index (χ2n) is 3.96. The van der Waals surface area contributed by atoms with Gasteiger partial charge in [0.2, 0.25) is 0 Å². The average molecular weight is 251 g/mol. The van der Waals surface area contributed by atoms with Gasteiger partial charge in [0.15, 0.2) is 0 Å². The Labute approximate surface area is 105 Å². The van der Waals surface area contributed by atoms with Crippen molar-refractivity contribution in [2.24, 2.45) is 5.73 Å². The molecule has 5 heteroatoms. The van der Waals surface area contributed by atoms with E-state index in [0.717, 1.165) is 18.7 Å². The van der Waals surface area contributed by atoms with Gasteiger partial charge in [0.05, 0.1) is 31.2 Å². The van der Waals surface area contributed by atoms with Crippen LogP contribution in [0.3, 0.4) is 0 Å². The summed E-state index contributed by atoms with van der Waals surface area (Å²) in [6.45, 7) is 2.88. The van der Waals surface area contributed by atoms with Gasteiger partial charge in [-0.25, -0.2) is 4.98 Å². The minimum Gasteiger partial charge on any atom is -0.394 e. The van der Waals surface area contributed by atoms with Crippen molar-refractivity contribution >= 4 is 11.3 Å². The number of nitrogens with zero attached hydrogens (tertiary/aromatic N) is 2. The van der Waals surface area contributed by atoms with Crippen LogP contribution in [0.15, 0.2) is 24.0 Å². The lowest BCUT2D eigenvalue weighted by Gasteiger charge is -2.12. The van der Waals surface area contributed by atoms with Gasteiger partial charge >= 0.3 is 0 Å². The molecule has 0 aromatic carbocycles. The summed E-state index contributed by atoms with van der Waals surface area (Å²) in [6.07, 6.45) is 4.53. The van der Waals surface area contributed by atoms with E-state index in [1.807, 2.05) is 4.57 Å². The minimum absolute atomic E-state index is 0.0588. The molecule has 0 radical (unpaired) electrons. The van der Waals surface area contributed by atoms with Crippen LogP contribution >= 0.6 is 11.3 Å². The number of nitrogens with two attached hydrogens (primary N) is 1. The Morgan fingerprint density at radius 3 is 3.12 bits per heavy atom. The number of thiophene rings is 1. The van der Waals surface area contributed by atoms with E-state index < -0.39 is 0 Å². The van der Waals surface area contributed by atoms with Gasteiger partial charge < -0.3 is 15.4 Å². The fraction of sp³-hybridized carbons (Fsp3) is 0.417. The van der Waals surface area contributed by atoms with Crippen LogP contribution < -0.4 is 5.73 Å². The summed E-state index contributed by atoms with van der Waals surface area (Å²) in [5.74, 6) is 0. The van der Waals surface area contributed by atoms with Gasteiger partial charge in [-0.3, -0.25) is 0 Å². The predicted molar refractivity (Wildman–Crippen MR) is 69.0 cm³/mol. The van der Waals surface area contributed by atoms with Crippen molar-refractivity contribution in [3.05, 3.63) is 40.1 Å². The summed E-state index contributed by atoms with van der Waals surface area (Å²) in [4.78, 5) is 5.43. The molecule has 1 atom stereocenters. The summed E-state index contributed by atoms with van der Waals surface area (Å²) >= 11 is 1.75. The fourth-order valence-electron chi connectivity index (χ4n) is 1.84. The van der Waals surface area contributed by atoms with Gasteiger partial charge in [-0.05, 0) is 23.4 Å². The summed E-state index contributed by atoms with van der Waals surface area (Å²) in [7, 11) is 0. The number of aliphatic hydroxyl groups is 1. The number of rotatable bonds is 5. The maximum atomic E-state index is 9.09. The van der Waals surface area contributed by atoms with Crippen LogP contribution in [0.2, 0.25) is 0 Å². The molecule has 2 aromatic heterocycles. The molecule has 0 fully saturated rings. The van der Waals surface area contributed by atoms with E-state index in [4.69, 9.17) is 10.8 Å². The molecule has 92 valence electrons. The lowest BCUT2D eigenvalue weighted by molar-refractivity contribution is 0.263. The zero-order valence-electron chi connectivity index (χ0n) is 9.84. The summed E-state index contributed by atoms with van der Waals surface area (Å²) in [5, 5.41) is 11.2. The number of aryl methyl sites for hydroxylation is 1. The molecular formula is C12H17N3OS. The van der Waals surface area contributed by atoms with Crippen molar-refractivity contribution in [2.75, 3.05) is 6.61 Å². The number of aliphatic hydroxyl groups excluding tert-OH is 1. The summed E-state index contributed by atoms with van der Waals surface area (Å²) in [5.41, 5.74) is 8.08. The Morgan fingerprint density at radius 1 is 1.59 bits per heavy atom. The standard InChI is InChI=1S/C12H17N3OS/c1-2-9-3-4-17-12(9)6-15-8-14-5-11(15)10(13)7-16/h3-5,8,10,16H,2,6-7,13H2,1H3. The van der Waals surface area contributed by atoms with Crippen LogP contribution in [0, 0.1) is 0 Å². The molecule has 2 aromatic rings. The molecule has 2 rings (SSSR count). The van der Waals surface area contributed by atoms with E-state index in [1.165, 1.54) is 10.4 Å². The largest absolute Gasteiger partial charge is 0.394 e. The fourth-order valence-corrected chi connectivity index (χ4v) is 2.81. The van der Waals surface area contributed by atoms with Crippen molar-refractivity contribution in [1.82, 2.24) is 9.55 Å². The Kier molecular flexibility index (Phi) is 3.93. The van der Waals surface area contributed by atoms with Crippen LogP contribution in [-0.2, 0) is 13.0 Å². The lowest BCUT2D eigenvalue weighted by Crippen LogP contribution is -2.19. The zero-order chi connectivity index (χ0) is 12.3. The third-order valence-corrected chi connectivity index (χ3v) is 3.80. The number of hydrogen-bond acceptors (Lipinski definition) is 4. The van der Waals surface area contributed by atoms with E-state index in [9.17, 15) is 0 Å². The van der Waals surface area contributed by atoms with Crippen LogP contribution in [0.5, 0.6) is 0 Å². The van der Waals surface area contributed by atoms with E-state index in [0.29, 0.717) is 0 Å². The molecular weight excluding hydrogens is 234 g/mol. The molecule has 0 bridgehead atoms. The second-order valence-corrected chi connectivity index (χ2v) is 4.96. The Morgan fingerprint density at radius 2 is 2.41 bits per heavy atom. The van der Waals surface area contributed by atoms with Crippen LogP contribution in [0.1, 0.15) is 29.1 Å². The number of hydrogen-bond donors (Lipinski definition) is 2. The first-order valence-electron chi connectivity index (χ1n) is 5.68. The topological polar surface area (TPSA) is 64.1 Å². The van der Waals surface area contributed by atoms with Crippen LogP contribution in [0.4, 0.5) is 0 Å². The van der Waals surface area contributed by atoms with Crippen molar-refractivity contribution in [3.63, 3.8) is 0 Å². The van der Waals surface area contributed by atoms with Gasteiger partial charge in [0.1, 0.15) is 0 Å². The molecule has 0 aliphatic rings. The molecule has 3 N–H and O–H groups in total. The summed E-state index contributed by atoms with van der Waals surface area (Å²) < 4.78 is 2.01. The molecule has 0 saturated carbocycles. The highest BCUT2D eigenvalue weighted by Gasteiger charge is 2.12. The summed E-state index contributed by atoms with van der Waals surface area (Å²) in [6, 6.07) is 1.80. The molecule has 0 spiro atoms. The molecule has 0 amide bonds.